The van der Waals surface area contributed by atoms with Crippen molar-refractivity contribution < 1.29 is 22.7 Å². The zero-order valence-electron chi connectivity index (χ0n) is 14.3. The van der Waals surface area contributed by atoms with E-state index >= 15 is 0 Å². The predicted molar refractivity (Wildman–Crippen MR) is 88.5 cm³/mol. The lowest BCUT2D eigenvalue weighted by molar-refractivity contribution is -0.137. The normalized spacial score (nSPS) is 21.5. The summed E-state index contributed by atoms with van der Waals surface area (Å²) < 4.78 is 45.3. The summed E-state index contributed by atoms with van der Waals surface area (Å²) >= 11 is 0. The molecule has 0 aliphatic heterocycles. The van der Waals surface area contributed by atoms with Gasteiger partial charge in [-0.1, -0.05) is 0 Å². The van der Waals surface area contributed by atoms with Crippen LogP contribution in [0.15, 0.2) is 24.3 Å². The first-order valence-electron chi connectivity index (χ1n) is 8.87. The van der Waals surface area contributed by atoms with Gasteiger partial charge in [-0.15, -0.1) is 0 Å². The molecule has 0 spiro atoms. The number of carbonyl (C=O) groups excluding carboxylic acids is 1. The Morgan fingerprint density at radius 3 is 2.35 bits per heavy atom. The number of rotatable bonds is 3. The molecule has 1 heterocycles. The second-order valence-electron chi connectivity index (χ2n) is 6.87. The molecule has 2 aromatic rings. The lowest BCUT2D eigenvalue weighted by atomic mass is 9.69. The van der Waals surface area contributed by atoms with Crippen LogP contribution in [0.25, 0.3) is 5.69 Å². The van der Waals surface area contributed by atoms with E-state index in [1.54, 1.807) is 11.6 Å². The molecule has 26 heavy (non-hydrogen) atoms. The topological polar surface area (TPSA) is 44.1 Å². The Balaban J connectivity index is 1.82. The number of hydrogen-bond acceptors (Lipinski definition) is 3. The van der Waals surface area contributed by atoms with Crippen molar-refractivity contribution in [2.75, 3.05) is 6.61 Å². The Morgan fingerprint density at radius 1 is 1.15 bits per heavy atom. The van der Waals surface area contributed by atoms with Crippen LogP contribution < -0.4 is 0 Å². The molecular formula is C19H19F3N2O2. The van der Waals surface area contributed by atoms with Crippen LogP contribution in [0.3, 0.4) is 0 Å². The van der Waals surface area contributed by atoms with E-state index in [1.807, 2.05) is 0 Å². The van der Waals surface area contributed by atoms with Gasteiger partial charge in [-0.05, 0) is 62.8 Å². The van der Waals surface area contributed by atoms with Crippen LogP contribution in [0.5, 0.6) is 0 Å². The molecule has 1 aromatic heterocycles. The molecule has 0 unspecified atom stereocenters. The minimum absolute atomic E-state index is 0.259. The van der Waals surface area contributed by atoms with Gasteiger partial charge in [-0.25, -0.2) is 9.48 Å². The quantitative estimate of drug-likeness (QED) is 0.733. The van der Waals surface area contributed by atoms with Crippen LogP contribution in [-0.4, -0.2) is 22.4 Å². The highest BCUT2D eigenvalue weighted by molar-refractivity contribution is 5.90. The SMILES string of the molecule is CCOC(=O)c1nn(-c2ccc(C(F)(F)F)cc2)c2c1C1CCC2CC1. The monoisotopic (exact) mass is 364 g/mol. The lowest BCUT2D eigenvalue weighted by Crippen LogP contribution is -2.24. The van der Waals surface area contributed by atoms with Crippen LogP contribution in [0, 0.1) is 0 Å². The van der Waals surface area contributed by atoms with Gasteiger partial charge in [0.05, 0.1) is 23.6 Å². The molecule has 3 aliphatic carbocycles. The molecule has 5 rings (SSSR count). The van der Waals surface area contributed by atoms with Crippen molar-refractivity contribution in [2.45, 2.75) is 50.6 Å². The van der Waals surface area contributed by atoms with Crippen molar-refractivity contribution in [3.05, 3.63) is 46.8 Å². The minimum atomic E-state index is -4.38. The number of hydrogen-bond donors (Lipinski definition) is 0. The van der Waals surface area contributed by atoms with Gasteiger partial charge in [0.25, 0.3) is 0 Å². The first-order chi connectivity index (χ1) is 12.4. The molecule has 0 atom stereocenters. The zero-order chi connectivity index (χ0) is 18.5. The highest BCUT2D eigenvalue weighted by Crippen LogP contribution is 2.51. The number of fused-ring (bicyclic) bond motifs is 2. The third-order valence-electron chi connectivity index (χ3n) is 5.39. The molecule has 0 radical (unpaired) electrons. The summed E-state index contributed by atoms with van der Waals surface area (Å²) in [5.41, 5.74) is 2.06. The van der Waals surface area contributed by atoms with Gasteiger partial charge in [0.2, 0.25) is 0 Å². The fraction of sp³-hybridized carbons (Fsp3) is 0.474. The maximum Gasteiger partial charge on any atom is 0.416 e. The van der Waals surface area contributed by atoms with Crippen LogP contribution in [0.2, 0.25) is 0 Å². The highest BCUT2D eigenvalue weighted by Gasteiger charge is 2.41. The molecule has 0 N–H and O–H groups in total. The summed E-state index contributed by atoms with van der Waals surface area (Å²) in [5.74, 6) is 0.104. The van der Waals surface area contributed by atoms with E-state index < -0.39 is 17.7 Å². The van der Waals surface area contributed by atoms with E-state index in [1.165, 1.54) is 12.1 Å². The van der Waals surface area contributed by atoms with Gasteiger partial charge in [0.15, 0.2) is 5.69 Å². The second-order valence-corrected chi connectivity index (χ2v) is 6.87. The summed E-state index contributed by atoms with van der Waals surface area (Å²) in [6, 6.07) is 4.92. The molecule has 3 aliphatic rings. The summed E-state index contributed by atoms with van der Waals surface area (Å²) in [4.78, 5) is 12.4. The molecule has 0 saturated heterocycles. The van der Waals surface area contributed by atoms with Crippen molar-refractivity contribution in [2.24, 2.45) is 0 Å². The maximum absolute atomic E-state index is 12.8. The molecule has 1 aromatic carbocycles. The molecule has 4 nitrogen and oxygen atoms in total. The molecule has 1 fully saturated rings. The Morgan fingerprint density at radius 2 is 1.77 bits per heavy atom. The van der Waals surface area contributed by atoms with Gasteiger partial charge in [-0.2, -0.15) is 18.3 Å². The van der Waals surface area contributed by atoms with E-state index in [0.717, 1.165) is 49.1 Å². The molecule has 1 saturated carbocycles. The smallest absolute Gasteiger partial charge is 0.416 e. The van der Waals surface area contributed by atoms with Gasteiger partial charge in [-0.3, -0.25) is 0 Å². The summed E-state index contributed by atoms with van der Waals surface area (Å²) in [7, 11) is 0. The number of carbonyl (C=O) groups is 1. The first kappa shape index (κ1) is 17.1. The number of benzene rings is 1. The summed E-state index contributed by atoms with van der Waals surface area (Å²) in [5, 5.41) is 4.47. The first-order valence-corrected chi connectivity index (χ1v) is 8.87. The van der Waals surface area contributed by atoms with Crippen molar-refractivity contribution >= 4 is 5.97 Å². The van der Waals surface area contributed by atoms with Gasteiger partial charge in [0.1, 0.15) is 0 Å². The number of ether oxygens (including phenoxy) is 1. The largest absolute Gasteiger partial charge is 0.461 e. The van der Waals surface area contributed by atoms with E-state index in [2.05, 4.69) is 5.10 Å². The second kappa shape index (κ2) is 6.14. The third-order valence-corrected chi connectivity index (χ3v) is 5.39. The molecule has 7 heteroatoms. The predicted octanol–water partition coefficient (Wildman–Crippen LogP) is 4.82. The fourth-order valence-corrected chi connectivity index (χ4v) is 4.23. The van der Waals surface area contributed by atoms with Crippen LogP contribution >= 0.6 is 0 Å². The molecule has 138 valence electrons. The van der Waals surface area contributed by atoms with E-state index in [0.29, 0.717) is 11.4 Å². The highest BCUT2D eigenvalue weighted by atomic mass is 19.4. The van der Waals surface area contributed by atoms with E-state index in [-0.39, 0.29) is 18.4 Å². The number of nitrogens with zero attached hydrogens (tertiary/aromatic N) is 2. The van der Waals surface area contributed by atoms with E-state index in [4.69, 9.17) is 4.74 Å². The van der Waals surface area contributed by atoms with Gasteiger partial charge >= 0.3 is 12.1 Å². The molecule has 0 amide bonds. The molecular weight excluding hydrogens is 345 g/mol. The van der Waals surface area contributed by atoms with Gasteiger partial charge in [0, 0.05) is 11.5 Å². The van der Waals surface area contributed by atoms with Crippen molar-refractivity contribution in [3.8, 4) is 5.69 Å². The maximum atomic E-state index is 12.8. The average molecular weight is 364 g/mol. The van der Waals surface area contributed by atoms with Crippen LogP contribution in [-0.2, 0) is 10.9 Å². The average Bonchev–Trinajstić information content (AvgIpc) is 3.05. The lowest BCUT2D eigenvalue weighted by Gasteiger charge is -2.36. The number of aromatic nitrogens is 2. The standard InChI is InChI=1S/C19H19F3N2O2/c1-2-26-18(25)16-15-11-3-5-12(6-4-11)17(15)24(23-16)14-9-7-13(8-10-14)19(20,21)22/h7-12H,2-6H2,1H3. The van der Waals surface area contributed by atoms with Crippen molar-refractivity contribution in [3.63, 3.8) is 0 Å². The fourth-order valence-electron chi connectivity index (χ4n) is 4.23. The van der Waals surface area contributed by atoms with Crippen molar-refractivity contribution in [1.82, 2.24) is 9.78 Å². The van der Waals surface area contributed by atoms with E-state index in [9.17, 15) is 18.0 Å². The number of esters is 1. The Bertz CT molecular complexity index is 832. The molecule has 2 bridgehead atoms. The van der Waals surface area contributed by atoms with Crippen LogP contribution in [0.1, 0.15) is 71.8 Å². The number of halogens is 3. The zero-order valence-corrected chi connectivity index (χ0v) is 14.3. The number of alkyl halides is 3. The van der Waals surface area contributed by atoms with Crippen LogP contribution in [0.4, 0.5) is 13.2 Å². The van der Waals surface area contributed by atoms with Crippen molar-refractivity contribution in [1.29, 1.82) is 0 Å². The summed E-state index contributed by atoms with van der Waals surface area (Å²) in [6.45, 7) is 2.00. The third kappa shape index (κ3) is 2.70. The minimum Gasteiger partial charge on any atom is -0.461 e. The Kier molecular flexibility index (Phi) is 4.04. The Labute approximate surface area is 149 Å². The Hall–Kier alpha value is -2.31. The summed E-state index contributed by atoms with van der Waals surface area (Å²) in [6.07, 6.45) is -0.304. The van der Waals surface area contributed by atoms with Gasteiger partial charge < -0.3 is 4.74 Å².